The smallest absolute Gasteiger partial charge is 0.336 e. The van der Waals surface area contributed by atoms with Gasteiger partial charge in [-0.25, -0.2) is 4.79 Å². The first kappa shape index (κ1) is 17.5. The van der Waals surface area contributed by atoms with Crippen molar-refractivity contribution in [1.29, 1.82) is 0 Å². The van der Waals surface area contributed by atoms with Crippen molar-refractivity contribution < 1.29 is 14.3 Å². The molecule has 1 aromatic heterocycles. The van der Waals surface area contributed by atoms with Crippen LogP contribution in [0.4, 0.5) is 0 Å². The first-order chi connectivity index (χ1) is 12.5. The molecule has 2 unspecified atom stereocenters. The van der Waals surface area contributed by atoms with Crippen LogP contribution in [0.3, 0.4) is 0 Å². The SMILES string of the molecule is CC1=C(C(=O)OC2CCCC2)C(c2ccc(C)s2)C2C(=O)CCC=C2N1. The van der Waals surface area contributed by atoms with E-state index in [1.165, 1.54) is 4.88 Å². The number of thiophene rings is 1. The zero-order valence-electron chi connectivity index (χ0n) is 15.3. The van der Waals surface area contributed by atoms with E-state index < -0.39 is 0 Å². The molecular formula is C21H25NO3S. The number of nitrogens with one attached hydrogen (secondary N) is 1. The number of Topliss-reactive ketones (excluding diaryl/α,β-unsaturated/α-hetero) is 1. The fraction of sp³-hybridized carbons (Fsp3) is 0.524. The van der Waals surface area contributed by atoms with Crippen LogP contribution >= 0.6 is 11.3 Å². The highest BCUT2D eigenvalue weighted by atomic mass is 32.1. The second-order valence-corrected chi connectivity index (χ2v) is 8.86. The molecular weight excluding hydrogens is 346 g/mol. The van der Waals surface area contributed by atoms with Crippen LogP contribution in [-0.2, 0) is 14.3 Å². The molecule has 0 aromatic carbocycles. The van der Waals surface area contributed by atoms with Gasteiger partial charge in [-0.05, 0) is 58.1 Å². The van der Waals surface area contributed by atoms with Crippen LogP contribution in [0, 0.1) is 12.8 Å². The molecule has 2 atom stereocenters. The predicted octanol–water partition coefficient (Wildman–Crippen LogP) is 4.37. The van der Waals surface area contributed by atoms with Gasteiger partial charge < -0.3 is 10.1 Å². The molecule has 0 saturated heterocycles. The Balaban J connectivity index is 1.75. The third-order valence-electron chi connectivity index (χ3n) is 5.68. The van der Waals surface area contributed by atoms with Crippen LogP contribution in [0.1, 0.15) is 61.1 Å². The minimum absolute atomic E-state index is 0.0209. The first-order valence-corrected chi connectivity index (χ1v) is 10.3. The normalized spacial score (nSPS) is 26.4. The van der Waals surface area contributed by atoms with Crippen molar-refractivity contribution in [1.82, 2.24) is 5.32 Å². The molecule has 1 aliphatic heterocycles. The number of allylic oxidation sites excluding steroid dienone is 3. The summed E-state index contributed by atoms with van der Waals surface area (Å²) >= 11 is 1.67. The van der Waals surface area contributed by atoms with Gasteiger partial charge in [0.05, 0.1) is 11.5 Å². The maximum atomic E-state index is 13.1. The van der Waals surface area contributed by atoms with E-state index in [1.807, 2.05) is 6.92 Å². The summed E-state index contributed by atoms with van der Waals surface area (Å²) in [4.78, 5) is 28.1. The van der Waals surface area contributed by atoms with Gasteiger partial charge >= 0.3 is 5.97 Å². The standard InChI is InChI=1S/C21H25NO3S/c1-12-10-11-17(26-12)20-18(21(24)25-14-6-3-4-7-14)13(2)22-15-8-5-9-16(23)19(15)20/h8,10-11,14,19-20,22H,3-7,9H2,1-2H3. The van der Waals surface area contributed by atoms with E-state index in [0.717, 1.165) is 48.4 Å². The lowest BCUT2D eigenvalue weighted by Gasteiger charge is -2.37. The van der Waals surface area contributed by atoms with E-state index in [-0.39, 0.29) is 29.7 Å². The molecule has 1 fully saturated rings. The third-order valence-corrected chi connectivity index (χ3v) is 6.76. The number of hydrogen-bond donors (Lipinski definition) is 1. The van der Waals surface area contributed by atoms with E-state index >= 15 is 0 Å². The number of ketones is 1. The Kier molecular flexibility index (Phi) is 4.74. The number of rotatable bonds is 3. The quantitative estimate of drug-likeness (QED) is 0.802. The van der Waals surface area contributed by atoms with Crippen molar-refractivity contribution in [2.75, 3.05) is 0 Å². The molecule has 1 aromatic rings. The highest BCUT2D eigenvalue weighted by molar-refractivity contribution is 7.12. The maximum absolute atomic E-state index is 13.1. The van der Waals surface area contributed by atoms with Gasteiger partial charge in [-0.15, -0.1) is 11.3 Å². The van der Waals surface area contributed by atoms with E-state index in [4.69, 9.17) is 4.74 Å². The number of ether oxygens (including phenoxy) is 1. The minimum Gasteiger partial charge on any atom is -0.459 e. The minimum atomic E-state index is -0.295. The Labute approximate surface area is 158 Å². The fourth-order valence-electron chi connectivity index (χ4n) is 4.43. The summed E-state index contributed by atoms with van der Waals surface area (Å²) < 4.78 is 5.83. The lowest BCUT2D eigenvalue weighted by molar-refractivity contribution is -0.144. The van der Waals surface area contributed by atoms with Gasteiger partial charge in [0.25, 0.3) is 0 Å². The average Bonchev–Trinajstić information content (AvgIpc) is 3.25. The molecule has 4 rings (SSSR count). The highest BCUT2D eigenvalue weighted by Gasteiger charge is 2.44. The lowest BCUT2D eigenvalue weighted by Crippen LogP contribution is -2.40. The van der Waals surface area contributed by atoms with Gasteiger partial charge in [-0.3, -0.25) is 4.79 Å². The molecule has 2 heterocycles. The van der Waals surface area contributed by atoms with Crippen molar-refractivity contribution in [3.05, 3.63) is 44.9 Å². The van der Waals surface area contributed by atoms with E-state index in [2.05, 4.69) is 30.4 Å². The number of fused-ring (bicyclic) bond motifs is 1. The Morgan fingerprint density at radius 2 is 1.96 bits per heavy atom. The van der Waals surface area contributed by atoms with E-state index in [9.17, 15) is 9.59 Å². The maximum Gasteiger partial charge on any atom is 0.336 e. The summed E-state index contributed by atoms with van der Waals surface area (Å²) in [7, 11) is 0. The molecule has 0 radical (unpaired) electrons. The molecule has 26 heavy (non-hydrogen) atoms. The Morgan fingerprint density at radius 1 is 1.19 bits per heavy atom. The second-order valence-electron chi connectivity index (χ2n) is 7.54. The number of hydrogen-bond acceptors (Lipinski definition) is 5. The summed E-state index contributed by atoms with van der Waals surface area (Å²) in [6, 6.07) is 4.12. The van der Waals surface area contributed by atoms with Crippen LogP contribution in [0.2, 0.25) is 0 Å². The van der Waals surface area contributed by atoms with Gasteiger partial charge in [-0.2, -0.15) is 0 Å². The number of carbonyl (C=O) groups excluding carboxylic acids is 2. The molecule has 0 amide bonds. The van der Waals surface area contributed by atoms with Crippen molar-refractivity contribution in [2.24, 2.45) is 5.92 Å². The lowest BCUT2D eigenvalue weighted by atomic mass is 9.73. The number of carbonyl (C=O) groups is 2. The summed E-state index contributed by atoms with van der Waals surface area (Å²) in [6.45, 7) is 3.98. The van der Waals surface area contributed by atoms with Crippen molar-refractivity contribution in [2.45, 2.75) is 64.4 Å². The molecule has 4 nitrogen and oxygen atoms in total. The largest absolute Gasteiger partial charge is 0.459 e. The first-order valence-electron chi connectivity index (χ1n) is 9.52. The van der Waals surface area contributed by atoms with Gasteiger partial charge in [-0.1, -0.05) is 6.08 Å². The van der Waals surface area contributed by atoms with Gasteiger partial charge in [0.1, 0.15) is 11.9 Å². The molecule has 0 bridgehead atoms. The van der Waals surface area contributed by atoms with Crippen LogP contribution in [0.5, 0.6) is 0 Å². The zero-order chi connectivity index (χ0) is 18.3. The van der Waals surface area contributed by atoms with Crippen LogP contribution in [0.25, 0.3) is 0 Å². The van der Waals surface area contributed by atoms with Crippen LogP contribution in [-0.4, -0.2) is 17.9 Å². The summed E-state index contributed by atoms with van der Waals surface area (Å²) in [6.07, 6.45) is 7.58. The number of aryl methyl sites for hydroxylation is 1. The molecule has 1 saturated carbocycles. The molecule has 5 heteroatoms. The molecule has 138 valence electrons. The zero-order valence-corrected chi connectivity index (χ0v) is 16.2. The van der Waals surface area contributed by atoms with Gasteiger partial charge in [0.15, 0.2) is 0 Å². The van der Waals surface area contributed by atoms with E-state index in [1.54, 1.807) is 11.3 Å². The molecule has 1 N–H and O–H groups in total. The highest BCUT2D eigenvalue weighted by Crippen LogP contribution is 2.46. The van der Waals surface area contributed by atoms with Gasteiger partial charge in [0.2, 0.25) is 0 Å². The Morgan fingerprint density at radius 3 is 2.65 bits per heavy atom. The molecule has 2 aliphatic carbocycles. The van der Waals surface area contributed by atoms with Crippen LogP contribution in [0.15, 0.2) is 35.2 Å². The molecule has 0 spiro atoms. The summed E-state index contributed by atoms with van der Waals surface area (Å²) in [5, 5.41) is 3.33. The number of esters is 1. The second kappa shape index (κ2) is 7.03. The third kappa shape index (κ3) is 3.13. The monoisotopic (exact) mass is 371 g/mol. The fourth-order valence-corrected chi connectivity index (χ4v) is 5.46. The van der Waals surface area contributed by atoms with Crippen molar-refractivity contribution in [3.8, 4) is 0 Å². The molecule has 3 aliphatic rings. The predicted molar refractivity (Wildman–Crippen MR) is 102 cm³/mol. The van der Waals surface area contributed by atoms with Crippen LogP contribution < -0.4 is 5.32 Å². The van der Waals surface area contributed by atoms with Crippen molar-refractivity contribution >= 4 is 23.1 Å². The van der Waals surface area contributed by atoms with Crippen molar-refractivity contribution in [3.63, 3.8) is 0 Å². The Hall–Kier alpha value is -1.88. The van der Waals surface area contributed by atoms with Gasteiger partial charge in [0, 0.05) is 33.5 Å². The summed E-state index contributed by atoms with van der Waals surface area (Å²) in [5.41, 5.74) is 2.41. The average molecular weight is 372 g/mol. The topological polar surface area (TPSA) is 55.4 Å². The van der Waals surface area contributed by atoms with E-state index in [0.29, 0.717) is 12.0 Å². The summed E-state index contributed by atoms with van der Waals surface area (Å²) in [5.74, 6) is -0.570. The Bertz CT molecular complexity index is 798.